The fraction of sp³-hybridized carbons (Fsp3) is 0.375. The number of ketones is 1. The molecule has 0 bridgehead atoms. The maximum Gasteiger partial charge on any atom is 0.328 e. The highest BCUT2D eigenvalue weighted by Gasteiger charge is 2.45. The molecule has 0 unspecified atom stereocenters. The van der Waals surface area contributed by atoms with Gasteiger partial charge >= 0.3 is 5.97 Å². The lowest BCUT2D eigenvalue weighted by molar-refractivity contribution is -0.131. The monoisotopic (exact) mass is 629 g/mol. The second-order valence-electron chi connectivity index (χ2n) is 13.8. The normalized spacial score (nSPS) is 17.5. The number of nitrogens with one attached hydrogen (secondary N) is 1. The van der Waals surface area contributed by atoms with Gasteiger partial charge in [-0.25, -0.2) is 4.79 Å². The van der Waals surface area contributed by atoms with Gasteiger partial charge in [0.15, 0.2) is 5.78 Å². The number of amides is 1. The highest BCUT2D eigenvalue weighted by Crippen LogP contribution is 2.47. The quantitative estimate of drug-likeness (QED) is 0.195. The molecule has 0 atom stereocenters. The molecular formula is C40H43N3O4. The van der Waals surface area contributed by atoms with Crippen LogP contribution in [-0.2, 0) is 22.6 Å². The summed E-state index contributed by atoms with van der Waals surface area (Å²) in [6.07, 6.45) is 11.2. The van der Waals surface area contributed by atoms with Crippen LogP contribution in [0.5, 0.6) is 0 Å². The molecular weight excluding hydrogens is 586 g/mol. The van der Waals surface area contributed by atoms with Crippen LogP contribution in [0.25, 0.3) is 28.2 Å². The summed E-state index contributed by atoms with van der Waals surface area (Å²) >= 11 is 0. The summed E-state index contributed by atoms with van der Waals surface area (Å²) in [7, 11) is 2.17. The minimum absolute atomic E-state index is 0.0121. The van der Waals surface area contributed by atoms with Crippen LogP contribution in [0.1, 0.15) is 89.9 Å². The first kappa shape index (κ1) is 31.0. The number of hydrogen-bond donors (Lipinski definition) is 2. The van der Waals surface area contributed by atoms with Crippen LogP contribution >= 0.6 is 0 Å². The Bertz CT molecular complexity index is 1890. The first-order valence-electron chi connectivity index (χ1n) is 17.1. The van der Waals surface area contributed by atoms with Gasteiger partial charge in [-0.3, -0.25) is 9.59 Å². The summed E-state index contributed by atoms with van der Waals surface area (Å²) in [5.74, 6) is -0.697. The van der Waals surface area contributed by atoms with Crippen LogP contribution in [0.2, 0.25) is 0 Å². The summed E-state index contributed by atoms with van der Waals surface area (Å²) in [6, 6.07) is 20.3. The van der Waals surface area contributed by atoms with Crippen molar-refractivity contribution in [3.05, 3.63) is 94.6 Å². The van der Waals surface area contributed by atoms with Crippen LogP contribution in [0, 0.1) is 6.92 Å². The van der Waals surface area contributed by atoms with Gasteiger partial charge in [-0.15, -0.1) is 0 Å². The Hall–Kier alpha value is -4.65. The predicted molar refractivity (Wildman–Crippen MR) is 187 cm³/mol. The number of likely N-dealkylation sites (N-methyl/N-ethyl adjacent to an activating group) is 1. The molecule has 2 fully saturated rings. The van der Waals surface area contributed by atoms with Gasteiger partial charge in [0, 0.05) is 60.4 Å². The smallest absolute Gasteiger partial charge is 0.328 e. The third-order valence-electron chi connectivity index (χ3n) is 10.7. The number of carboxylic acids is 1. The standard InChI is InChI=1S/C40H43N3O4/c1-26-9-16-32-33(23-26)42(2)21-22-43-34-25-30(15-17-31(34)37(38(32)43)29-7-4-3-5-8-29)39(47)41-40(19-6-20-40)35(44)24-28-12-10-27(11-13-28)14-18-36(45)46/h9-18,23,25,29H,3-8,19-22,24H2,1-2H3,(H,41,47)(H,45,46)/b18-14+. The number of carboxylic acid groups (broad SMARTS) is 1. The molecule has 0 radical (unpaired) electrons. The van der Waals surface area contributed by atoms with Crippen molar-refractivity contribution in [3.63, 3.8) is 0 Å². The lowest BCUT2D eigenvalue weighted by Crippen LogP contribution is -2.59. The van der Waals surface area contributed by atoms with Crippen LogP contribution in [-0.4, -0.2) is 46.5 Å². The second-order valence-corrected chi connectivity index (χ2v) is 13.8. The fourth-order valence-electron chi connectivity index (χ4n) is 7.93. The lowest BCUT2D eigenvalue weighted by atomic mass is 9.72. The van der Waals surface area contributed by atoms with E-state index >= 15 is 0 Å². The molecule has 2 N–H and O–H groups in total. The van der Waals surface area contributed by atoms with Crippen molar-refractivity contribution in [2.45, 2.75) is 82.7 Å². The van der Waals surface area contributed by atoms with Gasteiger partial charge in [-0.05, 0) is 91.5 Å². The van der Waals surface area contributed by atoms with Gasteiger partial charge in [0.05, 0.1) is 11.2 Å². The number of anilines is 1. The van der Waals surface area contributed by atoms with E-state index in [1.54, 1.807) is 0 Å². The summed E-state index contributed by atoms with van der Waals surface area (Å²) in [5, 5.41) is 13.3. The summed E-state index contributed by atoms with van der Waals surface area (Å²) in [6.45, 7) is 3.86. The van der Waals surface area contributed by atoms with Gasteiger partial charge in [-0.1, -0.05) is 61.7 Å². The summed E-state index contributed by atoms with van der Waals surface area (Å²) < 4.78 is 2.45. The lowest BCUT2D eigenvalue weighted by Gasteiger charge is -2.41. The molecule has 2 heterocycles. The molecule has 3 aliphatic rings. The molecule has 1 aliphatic heterocycles. The minimum Gasteiger partial charge on any atom is -0.478 e. The van der Waals surface area contributed by atoms with Crippen molar-refractivity contribution in [1.82, 2.24) is 9.88 Å². The van der Waals surface area contributed by atoms with E-state index in [0.717, 1.165) is 42.2 Å². The van der Waals surface area contributed by atoms with Gasteiger partial charge in [-0.2, -0.15) is 0 Å². The number of carbonyl (C=O) groups is 3. The number of rotatable bonds is 8. The Morgan fingerprint density at radius 1 is 0.936 bits per heavy atom. The Balaban J connectivity index is 1.20. The summed E-state index contributed by atoms with van der Waals surface area (Å²) in [5.41, 5.74) is 8.94. The van der Waals surface area contributed by atoms with Crippen LogP contribution in [0.4, 0.5) is 5.69 Å². The third kappa shape index (κ3) is 5.88. The van der Waals surface area contributed by atoms with Crippen molar-refractivity contribution in [2.24, 2.45) is 0 Å². The van der Waals surface area contributed by atoms with Gasteiger partial charge in [0.2, 0.25) is 0 Å². The molecule has 47 heavy (non-hydrogen) atoms. The zero-order chi connectivity index (χ0) is 32.7. The van der Waals surface area contributed by atoms with Crippen molar-refractivity contribution < 1.29 is 19.5 Å². The number of carbonyl (C=O) groups excluding carboxylic acids is 2. The molecule has 0 saturated heterocycles. The molecule has 4 aromatic rings. The van der Waals surface area contributed by atoms with Crippen LogP contribution < -0.4 is 10.2 Å². The van der Waals surface area contributed by atoms with Gasteiger partial charge in [0.25, 0.3) is 5.91 Å². The molecule has 7 heteroatoms. The highest BCUT2D eigenvalue weighted by atomic mass is 16.4. The Labute approximate surface area is 276 Å². The first-order valence-corrected chi connectivity index (χ1v) is 17.1. The van der Waals surface area contributed by atoms with E-state index in [-0.39, 0.29) is 18.1 Å². The fourth-order valence-corrected chi connectivity index (χ4v) is 7.93. The van der Waals surface area contributed by atoms with Crippen molar-refractivity contribution >= 4 is 40.3 Å². The number of aryl methyl sites for hydroxylation is 1. The van der Waals surface area contributed by atoms with Gasteiger partial charge in [0.1, 0.15) is 0 Å². The van der Waals surface area contributed by atoms with E-state index in [9.17, 15) is 14.4 Å². The van der Waals surface area contributed by atoms with E-state index in [4.69, 9.17) is 5.11 Å². The zero-order valence-corrected chi connectivity index (χ0v) is 27.4. The first-order chi connectivity index (χ1) is 22.7. The Kier molecular flexibility index (Phi) is 8.25. The topological polar surface area (TPSA) is 91.6 Å². The van der Waals surface area contributed by atoms with Crippen LogP contribution in [0.3, 0.4) is 0 Å². The van der Waals surface area contributed by atoms with E-state index < -0.39 is 11.5 Å². The number of fused-ring (bicyclic) bond motifs is 5. The Morgan fingerprint density at radius 2 is 1.70 bits per heavy atom. The number of aliphatic carboxylic acids is 1. The molecule has 2 aliphatic carbocycles. The summed E-state index contributed by atoms with van der Waals surface area (Å²) in [4.78, 5) is 40.8. The minimum atomic E-state index is -1.00. The molecule has 242 valence electrons. The number of hydrogen-bond acceptors (Lipinski definition) is 4. The van der Waals surface area contributed by atoms with E-state index in [1.165, 1.54) is 71.6 Å². The molecule has 1 aromatic heterocycles. The number of aromatic nitrogens is 1. The molecule has 7 rings (SSSR count). The van der Waals surface area contributed by atoms with Gasteiger partial charge < -0.3 is 19.9 Å². The SMILES string of the molecule is Cc1ccc2c(c1)N(C)CCn1c-2c(C2CCCCC2)c2ccc(C(=O)NC3(C(=O)Cc4ccc(/C=C/C(=O)O)cc4)CCC3)cc21. The maximum absolute atomic E-state index is 13.9. The van der Waals surface area contributed by atoms with Crippen molar-refractivity contribution in [3.8, 4) is 11.3 Å². The molecule has 2 saturated carbocycles. The van der Waals surface area contributed by atoms with E-state index in [1.807, 2.05) is 30.3 Å². The van der Waals surface area contributed by atoms with E-state index in [2.05, 4.69) is 59.1 Å². The average molecular weight is 630 g/mol. The maximum atomic E-state index is 13.9. The van der Waals surface area contributed by atoms with Crippen molar-refractivity contribution in [2.75, 3.05) is 18.5 Å². The predicted octanol–water partition coefficient (Wildman–Crippen LogP) is 7.68. The third-order valence-corrected chi connectivity index (χ3v) is 10.7. The Morgan fingerprint density at radius 3 is 2.40 bits per heavy atom. The number of nitrogens with zero attached hydrogens (tertiary/aromatic N) is 2. The largest absolute Gasteiger partial charge is 0.478 e. The zero-order valence-electron chi connectivity index (χ0n) is 27.4. The number of benzene rings is 3. The molecule has 3 aromatic carbocycles. The molecule has 0 spiro atoms. The average Bonchev–Trinajstić information content (AvgIpc) is 3.30. The highest BCUT2D eigenvalue weighted by molar-refractivity contribution is 6.04. The molecule has 7 nitrogen and oxygen atoms in total. The number of Topliss-reactive ketones (excluding diaryl/α,β-unsaturated/α-hetero) is 1. The second kappa shape index (κ2) is 12.5. The molecule has 1 amide bonds. The van der Waals surface area contributed by atoms with Crippen molar-refractivity contribution in [1.29, 1.82) is 0 Å². The van der Waals surface area contributed by atoms with Crippen LogP contribution in [0.15, 0.2) is 66.7 Å². The van der Waals surface area contributed by atoms with E-state index in [0.29, 0.717) is 24.3 Å².